The third-order valence-corrected chi connectivity index (χ3v) is 4.75. The van der Waals surface area contributed by atoms with Gasteiger partial charge in [0.1, 0.15) is 0 Å². The molecule has 1 amide bonds. The number of aryl methyl sites for hydroxylation is 1. The summed E-state index contributed by atoms with van der Waals surface area (Å²) in [4.78, 5) is 16.6. The van der Waals surface area contributed by atoms with Crippen molar-refractivity contribution in [1.82, 2.24) is 19.6 Å². The molecule has 6 nitrogen and oxygen atoms in total. The topological polar surface area (TPSA) is 61.6 Å². The van der Waals surface area contributed by atoms with Crippen molar-refractivity contribution < 1.29 is 9.90 Å². The molecule has 22 heavy (non-hydrogen) atoms. The van der Waals surface area contributed by atoms with Crippen LogP contribution in [0.15, 0.2) is 12.4 Å². The maximum Gasteiger partial charge on any atom is 0.255 e. The average molecular weight is 306 g/mol. The normalized spacial score (nSPS) is 26.5. The molecule has 0 spiro atoms. The number of carbonyl (C=O) groups is 1. The minimum absolute atomic E-state index is 0.0652. The molecule has 1 aromatic rings. The second kappa shape index (κ2) is 6.38. The van der Waals surface area contributed by atoms with E-state index in [4.69, 9.17) is 0 Å². The van der Waals surface area contributed by atoms with E-state index >= 15 is 0 Å². The zero-order chi connectivity index (χ0) is 15.6. The van der Waals surface area contributed by atoms with Crippen molar-refractivity contribution in [2.45, 2.75) is 44.8 Å². The molecule has 0 saturated carbocycles. The minimum atomic E-state index is -1.19. The zero-order valence-electron chi connectivity index (χ0n) is 13.4. The van der Waals surface area contributed by atoms with Crippen LogP contribution >= 0.6 is 0 Å². The number of aliphatic hydroxyl groups is 1. The fourth-order valence-electron chi connectivity index (χ4n) is 3.54. The summed E-state index contributed by atoms with van der Waals surface area (Å²) in [6.07, 6.45) is 7.44. The van der Waals surface area contributed by atoms with Gasteiger partial charge in [0.15, 0.2) is 5.60 Å². The second-order valence-corrected chi connectivity index (χ2v) is 6.69. The molecule has 3 heterocycles. The highest BCUT2D eigenvalue weighted by Crippen LogP contribution is 2.25. The Morgan fingerprint density at radius 2 is 2.05 bits per heavy atom. The summed E-state index contributed by atoms with van der Waals surface area (Å²) < 4.78 is 1.92. The Bertz CT molecular complexity index is 524. The number of piperidine rings is 1. The van der Waals surface area contributed by atoms with Gasteiger partial charge >= 0.3 is 0 Å². The molecule has 2 fully saturated rings. The molecule has 6 heteroatoms. The van der Waals surface area contributed by atoms with E-state index in [2.05, 4.69) is 10.00 Å². The molecule has 0 aliphatic carbocycles. The van der Waals surface area contributed by atoms with Crippen LogP contribution < -0.4 is 0 Å². The summed E-state index contributed by atoms with van der Waals surface area (Å²) in [5, 5.41) is 15.1. The number of likely N-dealkylation sites (tertiary alicyclic amines) is 2. The molecule has 2 saturated heterocycles. The first-order valence-electron chi connectivity index (χ1n) is 8.30. The molecule has 0 aromatic carbocycles. The molecular formula is C16H26N4O2. The third-order valence-electron chi connectivity index (χ3n) is 4.75. The third kappa shape index (κ3) is 3.33. The lowest BCUT2D eigenvalue weighted by molar-refractivity contribution is -0.156. The van der Waals surface area contributed by atoms with Gasteiger partial charge in [-0.25, -0.2) is 0 Å². The van der Waals surface area contributed by atoms with Gasteiger partial charge in [-0.15, -0.1) is 0 Å². The summed E-state index contributed by atoms with van der Waals surface area (Å²) in [7, 11) is 0. The molecule has 3 rings (SSSR count). The lowest BCUT2D eigenvalue weighted by Crippen LogP contribution is -2.57. The number of hydrogen-bond acceptors (Lipinski definition) is 4. The largest absolute Gasteiger partial charge is 0.379 e. The predicted octanol–water partition coefficient (Wildman–Crippen LogP) is 0.641. The van der Waals surface area contributed by atoms with Gasteiger partial charge in [-0.05, 0) is 44.7 Å². The van der Waals surface area contributed by atoms with E-state index < -0.39 is 5.60 Å². The van der Waals surface area contributed by atoms with E-state index in [1.807, 2.05) is 28.9 Å². The van der Waals surface area contributed by atoms with E-state index in [1.165, 1.54) is 0 Å². The molecule has 0 radical (unpaired) electrons. The Balaban J connectivity index is 1.57. The van der Waals surface area contributed by atoms with Crippen LogP contribution in [0.25, 0.3) is 0 Å². The van der Waals surface area contributed by atoms with Crippen molar-refractivity contribution in [2.75, 3.05) is 32.7 Å². The van der Waals surface area contributed by atoms with Crippen LogP contribution in [0.3, 0.4) is 0 Å². The molecule has 2 aliphatic rings. The highest BCUT2D eigenvalue weighted by molar-refractivity contribution is 5.85. The summed E-state index contributed by atoms with van der Waals surface area (Å²) in [5.74, 6) is -0.0652. The maximum absolute atomic E-state index is 12.6. The minimum Gasteiger partial charge on any atom is -0.379 e. The maximum atomic E-state index is 12.6. The highest BCUT2D eigenvalue weighted by Gasteiger charge is 2.43. The standard InChI is InChI=1S/C16H26N4O2/c1-14-11-17-20(12-14)10-9-18-6-4-5-16(22,13-18)15(21)19-7-2-3-8-19/h11-12,22H,2-10,13H2,1H3. The van der Waals surface area contributed by atoms with Crippen molar-refractivity contribution in [3.05, 3.63) is 18.0 Å². The molecule has 1 atom stereocenters. The monoisotopic (exact) mass is 306 g/mol. The van der Waals surface area contributed by atoms with Gasteiger partial charge in [-0.2, -0.15) is 5.10 Å². The molecule has 122 valence electrons. The van der Waals surface area contributed by atoms with Crippen LogP contribution in [0.1, 0.15) is 31.2 Å². The van der Waals surface area contributed by atoms with Gasteiger partial charge < -0.3 is 10.0 Å². The van der Waals surface area contributed by atoms with Crippen LogP contribution in [-0.4, -0.2) is 68.9 Å². The average Bonchev–Trinajstić information content (AvgIpc) is 3.16. The van der Waals surface area contributed by atoms with Gasteiger partial charge in [-0.1, -0.05) is 0 Å². The number of β-amino-alcohol motifs (C(OH)–C–C–N with tert-alkyl or cyclic N) is 1. The van der Waals surface area contributed by atoms with E-state index in [0.29, 0.717) is 13.0 Å². The van der Waals surface area contributed by atoms with Crippen molar-refractivity contribution in [3.8, 4) is 0 Å². The van der Waals surface area contributed by atoms with Crippen LogP contribution in [-0.2, 0) is 11.3 Å². The molecule has 1 unspecified atom stereocenters. The van der Waals surface area contributed by atoms with Crippen molar-refractivity contribution in [1.29, 1.82) is 0 Å². The predicted molar refractivity (Wildman–Crippen MR) is 83.4 cm³/mol. The van der Waals surface area contributed by atoms with E-state index in [0.717, 1.165) is 57.5 Å². The number of hydrogen-bond donors (Lipinski definition) is 1. The van der Waals surface area contributed by atoms with Gasteiger partial charge in [0.2, 0.25) is 0 Å². The van der Waals surface area contributed by atoms with Gasteiger partial charge in [0, 0.05) is 32.4 Å². The van der Waals surface area contributed by atoms with Crippen LogP contribution in [0.5, 0.6) is 0 Å². The number of nitrogens with zero attached hydrogens (tertiary/aromatic N) is 4. The molecule has 1 N–H and O–H groups in total. The number of amides is 1. The fraction of sp³-hybridized carbons (Fsp3) is 0.750. The first kappa shape index (κ1) is 15.5. The van der Waals surface area contributed by atoms with Gasteiger partial charge in [-0.3, -0.25) is 14.4 Å². The van der Waals surface area contributed by atoms with Crippen LogP contribution in [0.4, 0.5) is 0 Å². The van der Waals surface area contributed by atoms with Crippen LogP contribution in [0, 0.1) is 6.92 Å². The van der Waals surface area contributed by atoms with Gasteiger partial charge in [0.25, 0.3) is 5.91 Å². The SMILES string of the molecule is Cc1cnn(CCN2CCCC(O)(C(=O)N3CCCC3)C2)c1. The first-order chi connectivity index (χ1) is 10.6. The van der Waals surface area contributed by atoms with E-state index in [1.54, 1.807) is 0 Å². The lowest BCUT2D eigenvalue weighted by atomic mass is 9.91. The second-order valence-electron chi connectivity index (χ2n) is 6.69. The lowest BCUT2D eigenvalue weighted by Gasteiger charge is -2.39. The van der Waals surface area contributed by atoms with Crippen molar-refractivity contribution in [3.63, 3.8) is 0 Å². The summed E-state index contributed by atoms with van der Waals surface area (Å²) in [6.45, 7) is 6.62. The fourth-order valence-corrected chi connectivity index (χ4v) is 3.54. The molecular weight excluding hydrogens is 280 g/mol. The molecule has 2 aliphatic heterocycles. The molecule has 1 aromatic heterocycles. The van der Waals surface area contributed by atoms with E-state index in [9.17, 15) is 9.90 Å². The Hall–Kier alpha value is -1.40. The Morgan fingerprint density at radius 3 is 2.73 bits per heavy atom. The van der Waals surface area contributed by atoms with Crippen molar-refractivity contribution >= 4 is 5.91 Å². The number of rotatable bonds is 4. The molecule has 0 bridgehead atoms. The van der Waals surface area contributed by atoms with E-state index in [-0.39, 0.29) is 5.91 Å². The Labute approximate surface area is 131 Å². The number of aromatic nitrogens is 2. The van der Waals surface area contributed by atoms with Crippen molar-refractivity contribution in [2.24, 2.45) is 0 Å². The summed E-state index contributed by atoms with van der Waals surface area (Å²) in [6, 6.07) is 0. The zero-order valence-corrected chi connectivity index (χ0v) is 13.4. The van der Waals surface area contributed by atoms with Crippen LogP contribution in [0.2, 0.25) is 0 Å². The first-order valence-corrected chi connectivity index (χ1v) is 8.30. The quantitative estimate of drug-likeness (QED) is 0.887. The number of carbonyl (C=O) groups excluding carboxylic acids is 1. The highest BCUT2D eigenvalue weighted by atomic mass is 16.3. The summed E-state index contributed by atoms with van der Waals surface area (Å²) >= 11 is 0. The Kier molecular flexibility index (Phi) is 4.49. The smallest absolute Gasteiger partial charge is 0.255 e. The summed E-state index contributed by atoms with van der Waals surface area (Å²) in [5.41, 5.74) is -0.0397. The van der Waals surface area contributed by atoms with Gasteiger partial charge in [0.05, 0.1) is 12.7 Å². The Morgan fingerprint density at radius 1 is 1.27 bits per heavy atom.